The van der Waals surface area contributed by atoms with Gasteiger partial charge in [0.05, 0.1) is 12.1 Å². The molecular weight excluding hydrogens is 282 g/mol. The van der Waals surface area contributed by atoms with Crippen LogP contribution in [0.25, 0.3) is 0 Å². The van der Waals surface area contributed by atoms with Gasteiger partial charge in [0.25, 0.3) is 0 Å². The van der Waals surface area contributed by atoms with Crippen LogP contribution in [0.15, 0.2) is 23.6 Å². The number of ether oxygens (including phenoxy) is 1. The lowest BCUT2D eigenvalue weighted by atomic mass is 10.1. The molecule has 0 bridgehead atoms. The third-order valence-electron chi connectivity index (χ3n) is 2.95. The quantitative estimate of drug-likeness (QED) is 0.813. The molecule has 0 aromatic carbocycles. The Hall–Kier alpha value is -1.62. The van der Waals surface area contributed by atoms with E-state index >= 15 is 0 Å². The molecule has 1 unspecified atom stereocenters. The van der Waals surface area contributed by atoms with Crippen LogP contribution in [0.1, 0.15) is 50.2 Å². The zero-order valence-corrected chi connectivity index (χ0v) is 13.9. The van der Waals surface area contributed by atoms with E-state index in [9.17, 15) is 0 Å². The van der Waals surface area contributed by atoms with Crippen LogP contribution in [0.2, 0.25) is 0 Å². The standard InChI is InChI=1S/C16H23N3OS/c1-5-7-13(14-8-6-9-21-14)18-16-17-12(4)10-15(19-16)20-11(2)3/h6,8-11,13H,5,7H2,1-4H3,(H,17,18,19). The molecule has 0 fully saturated rings. The van der Waals surface area contributed by atoms with Crippen LogP contribution in [-0.4, -0.2) is 16.1 Å². The Morgan fingerprint density at radius 2 is 2.14 bits per heavy atom. The van der Waals surface area contributed by atoms with Gasteiger partial charge >= 0.3 is 0 Å². The minimum atomic E-state index is 0.107. The van der Waals surface area contributed by atoms with E-state index in [1.165, 1.54) is 4.88 Å². The Morgan fingerprint density at radius 1 is 1.33 bits per heavy atom. The van der Waals surface area contributed by atoms with Crippen LogP contribution >= 0.6 is 11.3 Å². The smallest absolute Gasteiger partial charge is 0.226 e. The first kappa shape index (κ1) is 15.8. The second-order valence-electron chi connectivity index (χ2n) is 5.34. The number of hydrogen-bond donors (Lipinski definition) is 1. The fraction of sp³-hybridized carbons (Fsp3) is 0.500. The van der Waals surface area contributed by atoms with E-state index in [4.69, 9.17) is 4.74 Å². The molecule has 5 heteroatoms. The van der Waals surface area contributed by atoms with Crippen LogP contribution in [0, 0.1) is 6.92 Å². The van der Waals surface area contributed by atoms with Gasteiger partial charge in [-0.3, -0.25) is 0 Å². The highest BCUT2D eigenvalue weighted by atomic mass is 32.1. The number of anilines is 1. The lowest BCUT2D eigenvalue weighted by Crippen LogP contribution is -2.14. The van der Waals surface area contributed by atoms with Gasteiger partial charge in [-0.15, -0.1) is 11.3 Å². The minimum Gasteiger partial charge on any atom is -0.475 e. The summed E-state index contributed by atoms with van der Waals surface area (Å²) in [6, 6.07) is 6.35. The Balaban J connectivity index is 2.18. The Labute approximate surface area is 130 Å². The first-order valence-corrected chi connectivity index (χ1v) is 8.28. The molecule has 0 radical (unpaired) electrons. The number of nitrogens with zero attached hydrogens (tertiary/aromatic N) is 2. The number of aryl methyl sites for hydroxylation is 1. The molecule has 0 saturated heterocycles. The summed E-state index contributed by atoms with van der Waals surface area (Å²) >= 11 is 1.76. The van der Waals surface area contributed by atoms with Crippen molar-refractivity contribution in [3.05, 3.63) is 34.2 Å². The fourth-order valence-electron chi connectivity index (χ4n) is 2.13. The second-order valence-corrected chi connectivity index (χ2v) is 6.32. The molecule has 0 aliphatic rings. The second kappa shape index (κ2) is 7.41. The molecule has 0 spiro atoms. The monoisotopic (exact) mass is 305 g/mol. The van der Waals surface area contributed by atoms with Gasteiger partial charge in [-0.1, -0.05) is 19.4 Å². The van der Waals surface area contributed by atoms with Crippen molar-refractivity contribution in [3.63, 3.8) is 0 Å². The SMILES string of the molecule is CCCC(Nc1nc(C)cc(OC(C)C)n1)c1cccs1. The lowest BCUT2D eigenvalue weighted by Gasteiger charge is -2.18. The predicted octanol–water partition coefficient (Wildman–Crippen LogP) is 4.59. The summed E-state index contributed by atoms with van der Waals surface area (Å²) in [6.45, 7) is 8.14. The Kier molecular flexibility index (Phi) is 5.56. The average Bonchev–Trinajstić information content (AvgIpc) is 2.90. The van der Waals surface area contributed by atoms with Gasteiger partial charge in [-0.25, -0.2) is 4.98 Å². The Bertz CT molecular complexity index is 555. The minimum absolute atomic E-state index is 0.107. The Morgan fingerprint density at radius 3 is 2.76 bits per heavy atom. The maximum atomic E-state index is 5.68. The third-order valence-corrected chi connectivity index (χ3v) is 3.94. The zero-order chi connectivity index (χ0) is 15.2. The molecule has 2 aromatic rings. The van der Waals surface area contributed by atoms with Crippen LogP contribution in [-0.2, 0) is 0 Å². The largest absolute Gasteiger partial charge is 0.475 e. The van der Waals surface area contributed by atoms with Crippen molar-refractivity contribution in [3.8, 4) is 5.88 Å². The van der Waals surface area contributed by atoms with Crippen molar-refractivity contribution >= 4 is 17.3 Å². The lowest BCUT2D eigenvalue weighted by molar-refractivity contribution is 0.232. The first-order chi connectivity index (χ1) is 10.1. The summed E-state index contributed by atoms with van der Waals surface area (Å²) in [6.07, 6.45) is 2.27. The van der Waals surface area contributed by atoms with Crippen molar-refractivity contribution in [2.45, 2.75) is 52.7 Å². The molecule has 0 aliphatic heterocycles. The van der Waals surface area contributed by atoms with Crippen LogP contribution in [0.5, 0.6) is 5.88 Å². The molecule has 2 heterocycles. The van der Waals surface area contributed by atoms with E-state index in [-0.39, 0.29) is 12.1 Å². The maximum absolute atomic E-state index is 5.68. The number of aromatic nitrogens is 2. The van der Waals surface area contributed by atoms with Crippen molar-refractivity contribution < 1.29 is 4.74 Å². The first-order valence-electron chi connectivity index (χ1n) is 7.40. The molecule has 21 heavy (non-hydrogen) atoms. The molecule has 1 atom stereocenters. The third kappa shape index (κ3) is 4.70. The van der Waals surface area contributed by atoms with E-state index in [0.29, 0.717) is 11.8 Å². The van der Waals surface area contributed by atoms with E-state index in [1.807, 2.05) is 26.8 Å². The van der Waals surface area contributed by atoms with Crippen LogP contribution < -0.4 is 10.1 Å². The van der Waals surface area contributed by atoms with Crippen molar-refractivity contribution in [2.75, 3.05) is 5.32 Å². The highest BCUT2D eigenvalue weighted by Gasteiger charge is 2.14. The summed E-state index contributed by atoms with van der Waals surface area (Å²) in [5.41, 5.74) is 0.907. The number of hydrogen-bond acceptors (Lipinski definition) is 5. The molecule has 2 rings (SSSR count). The van der Waals surface area contributed by atoms with Gasteiger partial charge < -0.3 is 10.1 Å². The van der Waals surface area contributed by atoms with E-state index in [1.54, 1.807) is 11.3 Å². The van der Waals surface area contributed by atoms with Gasteiger partial charge in [0, 0.05) is 16.6 Å². The summed E-state index contributed by atoms with van der Waals surface area (Å²) < 4.78 is 5.68. The summed E-state index contributed by atoms with van der Waals surface area (Å²) in [4.78, 5) is 10.3. The molecule has 114 valence electrons. The van der Waals surface area contributed by atoms with Gasteiger partial charge in [-0.05, 0) is 38.6 Å². The number of thiophene rings is 1. The predicted molar refractivity (Wildman–Crippen MR) is 88.1 cm³/mol. The molecule has 2 aromatic heterocycles. The molecule has 0 saturated carbocycles. The van der Waals surface area contributed by atoms with Gasteiger partial charge in [0.1, 0.15) is 0 Å². The summed E-state index contributed by atoms with van der Waals surface area (Å²) in [5.74, 6) is 1.26. The highest BCUT2D eigenvalue weighted by molar-refractivity contribution is 7.10. The van der Waals surface area contributed by atoms with Crippen molar-refractivity contribution in [2.24, 2.45) is 0 Å². The van der Waals surface area contributed by atoms with Crippen molar-refractivity contribution in [1.82, 2.24) is 9.97 Å². The summed E-state index contributed by atoms with van der Waals surface area (Å²) in [7, 11) is 0. The normalized spacial score (nSPS) is 12.4. The zero-order valence-electron chi connectivity index (χ0n) is 13.1. The average molecular weight is 305 g/mol. The number of rotatable bonds is 7. The highest BCUT2D eigenvalue weighted by Crippen LogP contribution is 2.27. The molecule has 1 N–H and O–H groups in total. The topological polar surface area (TPSA) is 47.0 Å². The van der Waals surface area contributed by atoms with Crippen molar-refractivity contribution in [1.29, 1.82) is 0 Å². The molecular formula is C16H23N3OS. The fourth-order valence-corrected chi connectivity index (χ4v) is 2.94. The van der Waals surface area contributed by atoms with Crippen LogP contribution in [0.4, 0.5) is 5.95 Å². The molecule has 0 aliphatic carbocycles. The molecule has 0 amide bonds. The van der Waals surface area contributed by atoms with Gasteiger partial charge in [-0.2, -0.15) is 4.98 Å². The van der Waals surface area contributed by atoms with E-state index in [2.05, 4.69) is 39.7 Å². The van der Waals surface area contributed by atoms with E-state index in [0.717, 1.165) is 18.5 Å². The molecule has 4 nitrogen and oxygen atoms in total. The van der Waals surface area contributed by atoms with Crippen LogP contribution in [0.3, 0.4) is 0 Å². The maximum Gasteiger partial charge on any atom is 0.226 e. The summed E-state index contributed by atoms with van der Waals surface area (Å²) in [5, 5.41) is 5.55. The van der Waals surface area contributed by atoms with Gasteiger partial charge in [0.2, 0.25) is 11.8 Å². The van der Waals surface area contributed by atoms with E-state index < -0.39 is 0 Å². The van der Waals surface area contributed by atoms with Gasteiger partial charge in [0.15, 0.2) is 0 Å². The number of nitrogens with one attached hydrogen (secondary N) is 1.